The van der Waals surface area contributed by atoms with Crippen LogP contribution in [0.4, 0.5) is 5.69 Å². The summed E-state index contributed by atoms with van der Waals surface area (Å²) in [5.74, 6) is -0.0337. The molecule has 1 saturated heterocycles. The minimum Gasteiger partial charge on any atom is -0.495 e. The van der Waals surface area contributed by atoms with Gasteiger partial charge in [0.1, 0.15) is 23.9 Å². The molecule has 1 aromatic heterocycles. The van der Waals surface area contributed by atoms with Gasteiger partial charge in [-0.15, -0.1) is 0 Å². The average Bonchev–Trinajstić information content (AvgIpc) is 3.20. The van der Waals surface area contributed by atoms with Crippen molar-refractivity contribution in [2.24, 2.45) is 0 Å². The lowest BCUT2D eigenvalue weighted by Crippen LogP contribution is -2.42. The summed E-state index contributed by atoms with van der Waals surface area (Å²) in [4.78, 5) is 27.4. The molecule has 1 fully saturated rings. The van der Waals surface area contributed by atoms with Crippen LogP contribution >= 0.6 is 0 Å². The van der Waals surface area contributed by atoms with Crippen LogP contribution in [0.1, 0.15) is 5.56 Å². The van der Waals surface area contributed by atoms with Crippen LogP contribution < -0.4 is 10.1 Å². The first-order valence-electron chi connectivity index (χ1n) is 10.6. The molecule has 2 aromatic carbocycles. The third kappa shape index (κ3) is 4.89. The molecule has 3 aromatic rings. The number of anilines is 1. The number of methoxy groups -OCH3 is 1. The molecule has 168 valence electrons. The maximum Gasteiger partial charge on any atom is 0.266 e. The number of nitrogens with one attached hydrogen (secondary N) is 1. The fourth-order valence-corrected chi connectivity index (χ4v) is 3.82. The van der Waals surface area contributed by atoms with E-state index in [4.69, 9.17) is 9.47 Å². The highest BCUT2D eigenvalue weighted by molar-refractivity contribution is 6.11. The molecule has 0 saturated carbocycles. The molecular formula is C25H24N4O4. The van der Waals surface area contributed by atoms with Gasteiger partial charge in [0.05, 0.1) is 26.0 Å². The molecule has 4 rings (SSSR count). The second-order valence-corrected chi connectivity index (χ2v) is 7.55. The molecule has 2 amide bonds. The lowest BCUT2D eigenvalue weighted by Gasteiger charge is -2.27. The number of hydrogen-bond acceptors (Lipinski definition) is 5. The van der Waals surface area contributed by atoms with Crippen molar-refractivity contribution in [2.45, 2.75) is 6.54 Å². The highest BCUT2D eigenvalue weighted by atomic mass is 16.5. The van der Waals surface area contributed by atoms with Gasteiger partial charge in [-0.3, -0.25) is 9.59 Å². The van der Waals surface area contributed by atoms with E-state index in [1.807, 2.05) is 34.9 Å². The van der Waals surface area contributed by atoms with Crippen molar-refractivity contribution in [1.29, 1.82) is 5.26 Å². The Bertz CT molecular complexity index is 1250. The van der Waals surface area contributed by atoms with Gasteiger partial charge in [0, 0.05) is 35.8 Å². The van der Waals surface area contributed by atoms with E-state index in [9.17, 15) is 14.9 Å². The van der Waals surface area contributed by atoms with E-state index in [2.05, 4.69) is 5.32 Å². The topological polar surface area (TPSA) is 96.6 Å². The Morgan fingerprint density at radius 2 is 1.88 bits per heavy atom. The summed E-state index contributed by atoms with van der Waals surface area (Å²) >= 11 is 0. The van der Waals surface area contributed by atoms with Crippen LogP contribution in [0.5, 0.6) is 5.75 Å². The van der Waals surface area contributed by atoms with Gasteiger partial charge in [-0.05, 0) is 24.3 Å². The zero-order valence-corrected chi connectivity index (χ0v) is 18.3. The number of hydrogen-bond donors (Lipinski definition) is 1. The third-order valence-electron chi connectivity index (χ3n) is 5.51. The molecule has 8 nitrogen and oxygen atoms in total. The monoisotopic (exact) mass is 444 g/mol. The van der Waals surface area contributed by atoms with Gasteiger partial charge in [-0.25, -0.2) is 0 Å². The first-order valence-corrected chi connectivity index (χ1v) is 10.6. The number of fused-ring (bicyclic) bond motifs is 1. The standard InChI is InChI=1S/C25H24N4O4/c1-32-23-9-5-3-7-21(23)27-25(31)18(15-26)14-19-16-29(22-8-4-2-6-20(19)22)17-24(30)28-10-12-33-13-11-28/h2-9,14,16H,10-13,17H2,1H3,(H,27,31)/b18-14+. The molecule has 0 bridgehead atoms. The second kappa shape index (κ2) is 10.0. The normalized spacial score (nSPS) is 14.1. The number of morpholine rings is 1. The Labute approximate surface area is 191 Å². The van der Waals surface area contributed by atoms with E-state index in [1.54, 1.807) is 41.4 Å². The number of carbonyl (C=O) groups is 2. The summed E-state index contributed by atoms with van der Waals surface area (Å²) in [6, 6.07) is 16.6. The lowest BCUT2D eigenvalue weighted by molar-refractivity contribution is -0.135. The van der Waals surface area contributed by atoms with Crippen LogP contribution in [-0.2, 0) is 20.9 Å². The summed E-state index contributed by atoms with van der Waals surface area (Å²) in [7, 11) is 1.51. The largest absolute Gasteiger partial charge is 0.495 e. The number of aromatic nitrogens is 1. The van der Waals surface area contributed by atoms with Gasteiger partial charge < -0.3 is 24.3 Å². The maximum atomic E-state index is 12.8. The van der Waals surface area contributed by atoms with Crippen LogP contribution in [0.3, 0.4) is 0 Å². The average molecular weight is 444 g/mol. The van der Waals surface area contributed by atoms with E-state index in [1.165, 1.54) is 7.11 Å². The quantitative estimate of drug-likeness (QED) is 0.466. The van der Waals surface area contributed by atoms with Gasteiger partial charge in [0.15, 0.2) is 0 Å². The first-order chi connectivity index (χ1) is 16.1. The smallest absolute Gasteiger partial charge is 0.266 e. The fourth-order valence-electron chi connectivity index (χ4n) is 3.82. The summed E-state index contributed by atoms with van der Waals surface area (Å²) in [5.41, 5.74) is 1.97. The Balaban J connectivity index is 1.62. The fraction of sp³-hybridized carbons (Fsp3) is 0.240. The van der Waals surface area contributed by atoms with Crippen LogP contribution in [0.2, 0.25) is 0 Å². The van der Waals surface area contributed by atoms with E-state index in [0.717, 1.165) is 10.9 Å². The molecule has 0 spiro atoms. The molecule has 2 heterocycles. The Kier molecular flexibility index (Phi) is 6.72. The number of rotatable bonds is 6. The van der Waals surface area contributed by atoms with Gasteiger partial charge in [0.2, 0.25) is 5.91 Å². The zero-order chi connectivity index (χ0) is 23.2. The number of nitrogens with zero attached hydrogens (tertiary/aromatic N) is 3. The lowest BCUT2D eigenvalue weighted by atomic mass is 10.1. The summed E-state index contributed by atoms with van der Waals surface area (Å²) < 4.78 is 12.4. The summed E-state index contributed by atoms with van der Waals surface area (Å²) in [5, 5.41) is 13.2. The molecule has 0 unspecified atom stereocenters. The SMILES string of the molecule is COc1ccccc1NC(=O)/C(C#N)=C/c1cn(CC(=O)N2CCOCC2)c2ccccc12. The maximum absolute atomic E-state index is 12.8. The third-order valence-corrected chi connectivity index (χ3v) is 5.51. The molecule has 8 heteroatoms. The number of nitriles is 1. The molecule has 1 aliphatic rings. The van der Waals surface area contributed by atoms with Crippen LogP contribution in [0.25, 0.3) is 17.0 Å². The van der Waals surface area contributed by atoms with Gasteiger partial charge in [-0.1, -0.05) is 30.3 Å². The number of carbonyl (C=O) groups excluding carboxylic acids is 2. The van der Waals surface area contributed by atoms with Crippen molar-refractivity contribution in [3.63, 3.8) is 0 Å². The molecule has 0 radical (unpaired) electrons. The van der Waals surface area contributed by atoms with Crippen molar-refractivity contribution in [1.82, 2.24) is 9.47 Å². The molecule has 0 atom stereocenters. The van der Waals surface area contributed by atoms with Crippen molar-refractivity contribution >= 4 is 34.5 Å². The molecular weight excluding hydrogens is 420 g/mol. The van der Waals surface area contributed by atoms with Crippen molar-refractivity contribution < 1.29 is 19.1 Å². The highest BCUT2D eigenvalue weighted by Crippen LogP contribution is 2.26. The Morgan fingerprint density at radius 3 is 2.64 bits per heavy atom. The van der Waals surface area contributed by atoms with Crippen LogP contribution in [-0.4, -0.2) is 54.7 Å². The predicted molar refractivity (Wildman–Crippen MR) is 125 cm³/mol. The van der Waals surface area contributed by atoms with Gasteiger partial charge >= 0.3 is 0 Å². The number of ether oxygens (including phenoxy) is 2. The number of benzene rings is 2. The summed E-state index contributed by atoms with van der Waals surface area (Å²) in [6.45, 7) is 2.40. The summed E-state index contributed by atoms with van der Waals surface area (Å²) in [6.07, 6.45) is 3.35. The van der Waals surface area contributed by atoms with E-state index >= 15 is 0 Å². The zero-order valence-electron chi connectivity index (χ0n) is 18.3. The van der Waals surface area contributed by atoms with Crippen molar-refractivity contribution in [3.05, 3.63) is 65.9 Å². The minimum absolute atomic E-state index is 0.00371. The first kappa shape index (κ1) is 22.1. The van der Waals surface area contributed by atoms with Crippen molar-refractivity contribution in [2.75, 3.05) is 38.7 Å². The van der Waals surface area contributed by atoms with E-state index < -0.39 is 5.91 Å². The van der Waals surface area contributed by atoms with Crippen LogP contribution in [0.15, 0.2) is 60.3 Å². The molecule has 1 N–H and O–H groups in total. The molecule has 0 aliphatic carbocycles. The Morgan fingerprint density at radius 1 is 1.15 bits per heavy atom. The number of para-hydroxylation sites is 3. The molecule has 33 heavy (non-hydrogen) atoms. The van der Waals surface area contributed by atoms with Crippen molar-refractivity contribution in [3.8, 4) is 11.8 Å². The van der Waals surface area contributed by atoms with Crippen LogP contribution in [0, 0.1) is 11.3 Å². The van der Waals surface area contributed by atoms with E-state index in [0.29, 0.717) is 43.3 Å². The Hall–Kier alpha value is -4.09. The van der Waals surface area contributed by atoms with E-state index in [-0.39, 0.29) is 18.0 Å². The van der Waals surface area contributed by atoms with Gasteiger partial charge in [0.25, 0.3) is 5.91 Å². The highest BCUT2D eigenvalue weighted by Gasteiger charge is 2.19. The second-order valence-electron chi connectivity index (χ2n) is 7.55. The minimum atomic E-state index is -0.539. The van der Waals surface area contributed by atoms with Gasteiger partial charge in [-0.2, -0.15) is 5.26 Å². The molecule has 1 aliphatic heterocycles. The predicted octanol–water partition coefficient (Wildman–Crippen LogP) is 3.05. The number of amides is 2.